The lowest BCUT2D eigenvalue weighted by molar-refractivity contribution is 0.239. The van der Waals surface area contributed by atoms with E-state index in [1.807, 2.05) is 0 Å². The third kappa shape index (κ3) is 3.65. The zero-order valence-electron chi connectivity index (χ0n) is 9.13. The normalized spacial score (nSPS) is 28.6. The third-order valence-corrected chi connectivity index (χ3v) is 3.18. The van der Waals surface area contributed by atoms with E-state index in [-0.39, 0.29) is 0 Å². The third-order valence-electron chi connectivity index (χ3n) is 3.18. The monoisotopic (exact) mass is 184 g/mol. The van der Waals surface area contributed by atoms with Crippen molar-refractivity contribution in [2.75, 3.05) is 13.6 Å². The standard InChI is InChI=1S/C11H24N2/c1-3-4-5-8-13(2)11-7-6-10(12)9-11/h10-11H,3-9,12H2,1-2H3. The highest BCUT2D eigenvalue weighted by atomic mass is 15.1. The first-order valence-corrected chi connectivity index (χ1v) is 5.70. The Morgan fingerprint density at radius 3 is 2.62 bits per heavy atom. The molecule has 1 rings (SSSR count). The number of nitrogens with zero attached hydrogens (tertiary/aromatic N) is 1. The first kappa shape index (κ1) is 11.0. The van der Waals surface area contributed by atoms with Crippen molar-refractivity contribution in [3.8, 4) is 0 Å². The second-order valence-electron chi connectivity index (χ2n) is 4.41. The highest BCUT2D eigenvalue weighted by molar-refractivity contribution is 4.83. The molecule has 2 atom stereocenters. The predicted octanol–water partition coefficient (Wildman–Crippen LogP) is 1.99. The SMILES string of the molecule is CCCCCN(C)C1CCC(N)C1. The van der Waals surface area contributed by atoms with Gasteiger partial charge >= 0.3 is 0 Å². The van der Waals surface area contributed by atoms with Crippen molar-refractivity contribution in [2.45, 2.75) is 57.5 Å². The fraction of sp³-hybridized carbons (Fsp3) is 1.00. The summed E-state index contributed by atoms with van der Waals surface area (Å²) in [5, 5.41) is 0. The molecule has 0 saturated heterocycles. The van der Waals surface area contributed by atoms with Crippen LogP contribution in [0.1, 0.15) is 45.4 Å². The van der Waals surface area contributed by atoms with Crippen LogP contribution in [0.15, 0.2) is 0 Å². The van der Waals surface area contributed by atoms with Gasteiger partial charge in [0.15, 0.2) is 0 Å². The Bertz CT molecular complexity index is 136. The number of hydrogen-bond donors (Lipinski definition) is 1. The summed E-state index contributed by atoms with van der Waals surface area (Å²) in [7, 11) is 2.25. The zero-order valence-corrected chi connectivity index (χ0v) is 9.13. The largest absolute Gasteiger partial charge is 0.328 e. The van der Waals surface area contributed by atoms with E-state index in [0.29, 0.717) is 6.04 Å². The molecule has 0 spiro atoms. The molecular weight excluding hydrogens is 160 g/mol. The quantitative estimate of drug-likeness (QED) is 0.662. The van der Waals surface area contributed by atoms with E-state index in [9.17, 15) is 0 Å². The van der Waals surface area contributed by atoms with Crippen LogP contribution in [-0.4, -0.2) is 30.6 Å². The van der Waals surface area contributed by atoms with Gasteiger partial charge in [0.1, 0.15) is 0 Å². The van der Waals surface area contributed by atoms with E-state index in [4.69, 9.17) is 5.73 Å². The average Bonchev–Trinajstić information content (AvgIpc) is 2.52. The summed E-state index contributed by atoms with van der Waals surface area (Å²) in [6, 6.07) is 1.24. The summed E-state index contributed by atoms with van der Waals surface area (Å²) in [6.07, 6.45) is 7.77. The van der Waals surface area contributed by atoms with Crippen LogP contribution < -0.4 is 5.73 Å². The molecule has 2 heteroatoms. The van der Waals surface area contributed by atoms with E-state index < -0.39 is 0 Å². The maximum atomic E-state index is 5.89. The summed E-state index contributed by atoms with van der Waals surface area (Å²) >= 11 is 0. The minimum Gasteiger partial charge on any atom is -0.328 e. The van der Waals surface area contributed by atoms with E-state index in [2.05, 4.69) is 18.9 Å². The molecule has 2 unspecified atom stereocenters. The molecule has 0 aromatic carbocycles. The average molecular weight is 184 g/mol. The van der Waals surface area contributed by atoms with Crippen molar-refractivity contribution in [1.29, 1.82) is 0 Å². The fourth-order valence-electron chi connectivity index (χ4n) is 2.19. The van der Waals surface area contributed by atoms with Crippen molar-refractivity contribution < 1.29 is 0 Å². The molecule has 1 aliphatic carbocycles. The summed E-state index contributed by atoms with van der Waals surface area (Å²) in [5.41, 5.74) is 5.89. The highest BCUT2D eigenvalue weighted by Crippen LogP contribution is 2.21. The second-order valence-corrected chi connectivity index (χ2v) is 4.41. The Labute approximate surface area is 82.5 Å². The van der Waals surface area contributed by atoms with Crippen molar-refractivity contribution in [2.24, 2.45) is 5.73 Å². The molecule has 0 aromatic heterocycles. The Morgan fingerprint density at radius 1 is 1.31 bits per heavy atom. The molecule has 0 heterocycles. The van der Waals surface area contributed by atoms with Gasteiger partial charge in [0, 0.05) is 12.1 Å². The first-order chi connectivity index (χ1) is 6.24. The molecule has 2 N–H and O–H groups in total. The van der Waals surface area contributed by atoms with Gasteiger partial charge in [-0.05, 0) is 39.3 Å². The number of unbranched alkanes of at least 4 members (excludes halogenated alkanes) is 2. The van der Waals surface area contributed by atoms with Crippen LogP contribution in [0.2, 0.25) is 0 Å². The van der Waals surface area contributed by atoms with Crippen LogP contribution in [-0.2, 0) is 0 Å². The van der Waals surface area contributed by atoms with E-state index in [1.165, 1.54) is 45.1 Å². The van der Waals surface area contributed by atoms with Gasteiger partial charge in [-0.3, -0.25) is 0 Å². The van der Waals surface area contributed by atoms with Crippen molar-refractivity contribution in [1.82, 2.24) is 4.90 Å². The number of nitrogens with two attached hydrogens (primary N) is 1. The van der Waals surface area contributed by atoms with Gasteiger partial charge in [0.05, 0.1) is 0 Å². The van der Waals surface area contributed by atoms with E-state index in [0.717, 1.165) is 6.04 Å². The van der Waals surface area contributed by atoms with Crippen LogP contribution in [0.5, 0.6) is 0 Å². The lowest BCUT2D eigenvalue weighted by atomic mass is 10.2. The fourth-order valence-corrected chi connectivity index (χ4v) is 2.19. The van der Waals surface area contributed by atoms with Crippen molar-refractivity contribution in [3.05, 3.63) is 0 Å². The van der Waals surface area contributed by atoms with E-state index in [1.54, 1.807) is 0 Å². The maximum absolute atomic E-state index is 5.89. The van der Waals surface area contributed by atoms with Crippen LogP contribution in [0.25, 0.3) is 0 Å². The first-order valence-electron chi connectivity index (χ1n) is 5.70. The molecule has 13 heavy (non-hydrogen) atoms. The molecule has 1 saturated carbocycles. The van der Waals surface area contributed by atoms with Gasteiger partial charge in [-0.1, -0.05) is 19.8 Å². The van der Waals surface area contributed by atoms with Gasteiger partial charge in [-0.2, -0.15) is 0 Å². The van der Waals surface area contributed by atoms with Gasteiger partial charge in [0.25, 0.3) is 0 Å². The van der Waals surface area contributed by atoms with E-state index >= 15 is 0 Å². The molecule has 78 valence electrons. The lowest BCUT2D eigenvalue weighted by Crippen LogP contribution is -2.31. The summed E-state index contributed by atoms with van der Waals surface area (Å²) in [6.45, 7) is 3.51. The summed E-state index contributed by atoms with van der Waals surface area (Å²) < 4.78 is 0. The Kier molecular flexibility index (Phi) is 4.74. The molecule has 2 nitrogen and oxygen atoms in total. The number of hydrogen-bond acceptors (Lipinski definition) is 2. The van der Waals surface area contributed by atoms with Crippen LogP contribution in [0.4, 0.5) is 0 Å². The Hall–Kier alpha value is -0.0800. The molecule has 0 aromatic rings. The molecule has 1 aliphatic rings. The topological polar surface area (TPSA) is 29.3 Å². The van der Waals surface area contributed by atoms with Crippen LogP contribution in [0, 0.1) is 0 Å². The molecule has 0 radical (unpaired) electrons. The van der Waals surface area contributed by atoms with Crippen LogP contribution >= 0.6 is 0 Å². The lowest BCUT2D eigenvalue weighted by Gasteiger charge is -2.23. The zero-order chi connectivity index (χ0) is 9.68. The summed E-state index contributed by atoms with van der Waals surface area (Å²) in [5.74, 6) is 0. The van der Waals surface area contributed by atoms with Gasteiger partial charge < -0.3 is 10.6 Å². The van der Waals surface area contributed by atoms with Crippen LogP contribution in [0.3, 0.4) is 0 Å². The minimum atomic E-state index is 0.471. The minimum absolute atomic E-state index is 0.471. The maximum Gasteiger partial charge on any atom is 0.0107 e. The Morgan fingerprint density at radius 2 is 2.08 bits per heavy atom. The predicted molar refractivity (Wildman–Crippen MR) is 57.8 cm³/mol. The molecule has 1 fully saturated rings. The molecule has 0 aliphatic heterocycles. The van der Waals surface area contributed by atoms with Gasteiger partial charge in [-0.15, -0.1) is 0 Å². The smallest absolute Gasteiger partial charge is 0.0107 e. The van der Waals surface area contributed by atoms with Crippen molar-refractivity contribution >= 4 is 0 Å². The molecule has 0 amide bonds. The van der Waals surface area contributed by atoms with Gasteiger partial charge in [0.2, 0.25) is 0 Å². The second kappa shape index (κ2) is 5.61. The summed E-state index contributed by atoms with van der Waals surface area (Å²) in [4.78, 5) is 2.50. The molecule has 0 bridgehead atoms. The molecular formula is C11H24N2. The highest BCUT2D eigenvalue weighted by Gasteiger charge is 2.24. The van der Waals surface area contributed by atoms with Gasteiger partial charge in [-0.25, -0.2) is 0 Å². The van der Waals surface area contributed by atoms with Crippen molar-refractivity contribution in [3.63, 3.8) is 0 Å². The number of rotatable bonds is 5. The Balaban J connectivity index is 2.12.